The van der Waals surface area contributed by atoms with E-state index in [0.717, 1.165) is 11.1 Å². The van der Waals surface area contributed by atoms with E-state index in [4.69, 9.17) is 10.5 Å². The first kappa shape index (κ1) is 20.1. The van der Waals surface area contributed by atoms with Crippen LogP contribution in [0.2, 0.25) is 0 Å². The minimum absolute atomic E-state index is 0.0492. The van der Waals surface area contributed by atoms with Gasteiger partial charge in [-0.3, -0.25) is 4.79 Å². The fraction of sp³-hybridized carbons (Fsp3) is 0.263. The van der Waals surface area contributed by atoms with Gasteiger partial charge in [0.1, 0.15) is 34.1 Å². The van der Waals surface area contributed by atoms with E-state index in [0.29, 0.717) is 23.9 Å². The van der Waals surface area contributed by atoms with Crippen molar-refractivity contribution in [2.75, 3.05) is 12.3 Å². The van der Waals surface area contributed by atoms with E-state index in [-0.39, 0.29) is 28.6 Å². The lowest BCUT2D eigenvalue weighted by Gasteiger charge is -2.12. The van der Waals surface area contributed by atoms with Crippen molar-refractivity contribution in [3.63, 3.8) is 0 Å². The standard InChI is InChI=1S/C19H19N5O2S/c1-3-26-17-15(8-20)18(22)24-19(16(17)9-21)27-11-14-6-4-13(5-7-14)10-23-12(2)25/h4-7H,3,10-11H2,1-2H3,(H2,22,24)(H,23,25). The zero-order chi connectivity index (χ0) is 19.8. The van der Waals surface area contributed by atoms with E-state index < -0.39 is 0 Å². The second kappa shape index (κ2) is 9.46. The molecule has 0 bridgehead atoms. The Morgan fingerprint density at radius 1 is 1.22 bits per heavy atom. The summed E-state index contributed by atoms with van der Waals surface area (Å²) in [6.45, 7) is 4.04. The number of amides is 1. The summed E-state index contributed by atoms with van der Waals surface area (Å²) >= 11 is 1.35. The Hall–Kier alpha value is -3.23. The Labute approximate surface area is 162 Å². The monoisotopic (exact) mass is 381 g/mol. The van der Waals surface area contributed by atoms with Crippen molar-refractivity contribution >= 4 is 23.5 Å². The van der Waals surface area contributed by atoms with E-state index in [1.54, 1.807) is 6.92 Å². The van der Waals surface area contributed by atoms with E-state index in [1.807, 2.05) is 30.3 Å². The van der Waals surface area contributed by atoms with Gasteiger partial charge in [-0.05, 0) is 18.1 Å². The Balaban J connectivity index is 2.19. The van der Waals surface area contributed by atoms with Gasteiger partial charge in [-0.15, -0.1) is 11.8 Å². The smallest absolute Gasteiger partial charge is 0.217 e. The summed E-state index contributed by atoms with van der Waals surface area (Å²) in [7, 11) is 0. The van der Waals surface area contributed by atoms with Gasteiger partial charge in [0.25, 0.3) is 0 Å². The number of nitriles is 2. The molecule has 3 N–H and O–H groups in total. The minimum Gasteiger partial charge on any atom is -0.491 e. The first-order valence-corrected chi connectivity index (χ1v) is 9.20. The van der Waals surface area contributed by atoms with Gasteiger partial charge < -0.3 is 15.8 Å². The second-order valence-corrected chi connectivity index (χ2v) is 6.52. The molecule has 138 valence electrons. The molecular formula is C19H19N5O2S. The van der Waals surface area contributed by atoms with E-state index >= 15 is 0 Å². The predicted octanol–water partition coefficient (Wildman–Crippen LogP) is 2.73. The SMILES string of the molecule is CCOc1c(C#N)c(N)nc(SCc2ccc(CNC(C)=O)cc2)c1C#N. The van der Waals surface area contributed by atoms with Crippen molar-refractivity contribution in [3.05, 3.63) is 46.5 Å². The molecule has 1 aromatic carbocycles. The number of hydrogen-bond donors (Lipinski definition) is 2. The number of nitrogen functional groups attached to an aromatic ring is 1. The van der Waals surface area contributed by atoms with Crippen molar-refractivity contribution in [1.29, 1.82) is 10.5 Å². The number of carbonyl (C=O) groups excluding carboxylic acids is 1. The van der Waals surface area contributed by atoms with Gasteiger partial charge in [-0.1, -0.05) is 24.3 Å². The average molecular weight is 381 g/mol. The summed E-state index contributed by atoms with van der Waals surface area (Å²) < 4.78 is 5.47. The average Bonchev–Trinajstić information content (AvgIpc) is 2.66. The maximum Gasteiger partial charge on any atom is 0.217 e. The van der Waals surface area contributed by atoms with Gasteiger partial charge in [-0.25, -0.2) is 4.98 Å². The van der Waals surface area contributed by atoms with Crippen LogP contribution in [0, 0.1) is 22.7 Å². The number of benzene rings is 1. The molecule has 8 heteroatoms. The van der Waals surface area contributed by atoms with Crippen LogP contribution in [-0.2, 0) is 17.1 Å². The van der Waals surface area contributed by atoms with E-state index in [1.165, 1.54) is 18.7 Å². The van der Waals surface area contributed by atoms with Gasteiger partial charge in [0, 0.05) is 19.2 Å². The number of nitrogens with one attached hydrogen (secondary N) is 1. The fourth-order valence-electron chi connectivity index (χ4n) is 2.29. The molecule has 0 aliphatic heterocycles. The number of rotatable bonds is 7. The van der Waals surface area contributed by atoms with Crippen molar-refractivity contribution in [2.24, 2.45) is 0 Å². The van der Waals surface area contributed by atoms with Crippen molar-refractivity contribution in [2.45, 2.75) is 31.2 Å². The Morgan fingerprint density at radius 2 is 1.85 bits per heavy atom. The third kappa shape index (κ3) is 5.13. The summed E-state index contributed by atoms with van der Waals surface area (Å²) in [4.78, 5) is 15.2. The van der Waals surface area contributed by atoms with Crippen LogP contribution in [0.1, 0.15) is 36.1 Å². The molecule has 0 saturated heterocycles. The molecule has 0 aliphatic rings. The van der Waals surface area contributed by atoms with Crippen LogP contribution in [0.15, 0.2) is 29.3 Å². The van der Waals surface area contributed by atoms with E-state index in [9.17, 15) is 15.3 Å². The number of ether oxygens (including phenoxy) is 1. The molecule has 1 heterocycles. The molecule has 0 atom stereocenters. The quantitative estimate of drug-likeness (QED) is 0.706. The van der Waals surface area contributed by atoms with Crippen molar-refractivity contribution < 1.29 is 9.53 Å². The lowest BCUT2D eigenvalue weighted by Crippen LogP contribution is -2.18. The predicted molar refractivity (Wildman–Crippen MR) is 103 cm³/mol. The molecule has 0 unspecified atom stereocenters. The van der Waals surface area contributed by atoms with Crippen LogP contribution in [0.5, 0.6) is 5.75 Å². The van der Waals surface area contributed by atoms with Crippen LogP contribution < -0.4 is 15.8 Å². The number of pyridine rings is 1. The van der Waals surface area contributed by atoms with Gasteiger partial charge in [0.2, 0.25) is 5.91 Å². The van der Waals surface area contributed by atoms with Crippen LogP contribution in [0.4, 0.5) is 5.82 Å². The fourth-order valence-corrected chi connectivity index (χ4v) is 3.23. The first-order valence-electron chi connectivity index (χ1n) is 8.21. The number of aromatic nitrogens is 1. The number of hydrogen-bond acceptors (Lipinski definition) is 7. The first-order chi connectivity index (χ1) is 13.0. The third-order valence-electron chi connectivity index (χ3n) is 3.60. The van der Waals surface area contributed by atoms with Gasteiger partial charge in [0.15, 0.2) is 5.75 Å². The number of nitrogens with two attached hydrogens (primary N) is 1. The third-order valence-corrected chi connectivity index (χ3v) is 4.64. The summed E-state index contributed by atoms with van der Waals surface area (Å²) in [6.07, 6.45) is 0. The van der Waals surface area contributed by atoms with Crippen LogP contribution in [0.3, 0.4) is 0 Å². The van der Waals surface area contributed by atoms with Crippen LogP contribution in [-0.4, -0.2) is 17.5 Å². The lowest BCUT2D eigenvalue weighted by atomic mass is 10.1. The Bertz CT molecular complexity index is 914. The van der Waals surface area contributed by atoms with Crippen LogP contribution >= 0.6 is 11.8 Å². The normalized spacial score (nSPS) is 9.93. The Morgan fingerprint density at radius 3 is 2.41 bits per heavy atom. The minimum atomic E-state index is -0.0757. The van der Waals surface area contributed by atoms with Gasteiger partial charge >= 0.3 is 0 Å². The highest BCUT2D eigenvalue weighted by atomic mass is 32.2. The largest absolute Gasteiger partial charge is 0.491 e. The molecule has 0 fully saturated rings. The van der Waals surface area contributed by atoms with Crippen LogP contribution in [0.25, 0.3) is 0 Å². The zero-order valence-electron chi connectivity index (χ0n) is 15.1. The van der Waals surface area contributed by atoms with Crippen molar-refractivity contribution in [1.82, 2.24) is 10.3 Å². The maximum absolute atomic E-state index is 11.0. The molecular weight excluding hydrogens is 362 g/mol. The zero-order valence-corrected chi connectivity index (χ0v) is 15.9. The van der Waals surface area contributed by atoms with Gasteiger partial charge in [-0.2, -0.15) is 10.5 Å². The summed E-state index contributed by atoms with van der Waals surface area (Å²) in [5, 5.41) is 21.9. The molecule has 2 rings (SSSR count). The topological polar surface area (TPSA) is 125 Å². The number of thioether (sulfide) groups is 1. The molecule has 27 heavy (non-hydrogen) atoms. The summed E-state index contributed by atoms with van der Waals surface area (Å²) in [6, 6.07) is 11.8. The summed E-state index contributed by atoms with van der Waals surface area (Å²) in [5.74, 6) is 0.725. The lowest BCUT2D eigenvalue weighted by molar-refractivity contribution is -0.119. The molecule has 0 radical (unpaired) electrons. The molecule has 1 aromatic heterocycles. The molecule has 1 amide bonds. The number of nitrogens with zero attached hydrogens (tertiary/aromatic N) is 3. The number of anilines is 1. The molecule has 7 nitrogen and oxygen atoms in total. The Kier molecular flexibility index (Phi) is 7.04. The molecule has 0 aliphatic carbocycles. The maximum atomic E-state index is 11.0. The highest BCUT2D eigenvalue weighted by Crippen LogP contribution is 2.35. The van der Waals surface area contributed by atoms with E-state index in [2.05, 4.69) is 16.4 Å². The van der Waals surface area contributed by atoms with Gasteiger partial charge in [0.05, 0.1) is 6.61 Å². The molecule has 2 aromatic rings. The number of carbonyl (C=O) groups is 1. The molecule has 0 spiro atoms. The molecule has 0 saturated carbocycles. The highest BCUT2D eigenvalue weighted by molar-refractivity contribution is 7.98. The second-order valence-electron chi connectivity index (χ2n) is 5.55. The summed E-state index contributed by atoms with van der Waals surface area (Å²) in [5.41, 5.74) is 8.19. The highest BCUT2D eigenvalue weighted by Gasteiger charge is 2.20. The van der Waals surface area contributed by atoms with Crippen molar-refractivity contribution in [3.8, 4) is 17.9 Å².